The van der Waals surface area contributed by atoms with Crippen LogP contribution in [0.1, 0.15) is 6.42 Å². The van der Waals surface area contributed by atoms with Gasteiger partial charge in [0.1, 0.15) is 11.6 Å². The molecule has 2 aromatic carbocycles. The summed E-state index contributed by atoms with van der Waals surface area (Å²) in [5, 5.41) is 15.0. The van der Waals surface area contributed by atoms with E-state index in [0.29, 0.717) is 18.8 Å². The number of carbonyl (C=O) groups excluding carboxylic acids is 1. The maximum Gasteiger partial charge on any atom is 0.267 e. The van der Waals surface area contributed by atoms with Gasteiger partial charge in [-0.3, -0.25) is 4.79 Å². The Bertz CT molecular complexity index is 785. The summed E-state index contributed by atoms with van der Waals surface area (Å²) >= 11 is 1.56. The van der Waals surface area contributed by atoms with E-state index >= 15 is 0 Å². The number of hydrogen-bond acceptors (Lipinski definition) is 5. The maximum absolute atomic E-state index is 12.4. The Balaban J connectivity index is 2.04. The Morgan fingerprint density at radius 1 is 1.19 bits per heavy atom. The lowest BCUT2D eigenvalue weighted by molar-refractivity contribution is -0.112. The Hall–Kier alpha value is -2.75. The summed E-state index contributed by atoms with van der Waals surface area (Å²) in [5.41, 5.74) is 0.703. The van der Waals surface area contributed by atoms with Crippen molar-refractivity contribution in [2.75, 3.05) is 25.6 Å². The molecule has 2 aromatic rings. The lowest BCUT2D eigenvalue weighted by Crippen LogP contribution is -2.18. The number of nitrogens with one attached hydrogen (secondary N) is 2. The van der Waals surface area contributed by atoms with E-state index in [1.807, 2.05) is 60.7 Å². The first-order valence-electron chi connectivity index (χ1n) is 8.20. The second-order valence-electron chi connectivity index (χ2n) is 5.34. The highest BCUT2D eigenvalue weighted by Crippen LogP contribution is 2.33. The molecular weight excluding hydrogens is 346 g/mol. The fourth-order valence-corrected chi connectivity index (χ4v) is 3.03. The first kappa shape index (κ1) is 19.6. The summed E-state index contributed by atoms with van der Waals surface area (Å²) in [6.45, 7) is 1.26. The molecule has 1 amide bonds. The average Bonchev–Trinajstić information content (AvgIpc) is 2.67. The van der Waals surface area contributed by atoms with Gasteiger partial charge in [-0.1, -0.05) is 42.1 Å². The van der Waals surface area contributed by atoms with Gasteiger partial charge in [-0.2, -0.15) is 5.26 Å². The fourth-order valence-electron chi connectivity index (χ4n) is 2.11. The quantitative estimate of drug-likeness (QED) is 0.400. The monoisotopic (exact) mass is 367 g/mol. The molecule has 2 N–H and O–H groups in total. The summed E-state index contributed by atoms with van der Waals surface area (Å²) in [4.78, 5) is 14.4. The predicted octanol–water partition coefficient (Wildman–Crippen LogP) is 3.81. The van der Waals surface area contributed by atoms with Crippen molar-refractivity contribution in [1.29, 1.82) is 5.26 Å². The Kier molecular flexibility index (Phi) is 8.27. The number of rotatable bonds is 9. The lowest BCUT2D eigenvalue weighted by atomic mass is 10.2. The van der Waals surface area contributed by atoms with E-state index in [2.05, 4.69) is 10.6 Å². The zero-order valence-corrected chi connectivity index (χ0v) is 15.4. The summed E-state index contributed by atoms with van der Waals surface area (Å²) < 4.78 is 4.96. The third-order valence-corrected chi connectivity index (χ3v) is 4.47. The minimum absolute atomic E-state index is 0.0296. The van der Waals surface area contributed by atoms with Crippen LogP contribution in [-0.2, 0) is 9.53 Å². The van der Waals surface area contributed by atoms with Crippen LogP contribution in [0.15, 0.2) is 76.2 Å². The molecule has 0 heterocycles. The molecule has 0 atom stereocenters. The van der Waals surface area contributed by atoms with Gasteiger partial charge in [0.2, 0.25) is 0 Å². The van der Waals surface area contributed by atoms with Crippen LogP contribution in [0.2, 0.25) is 0 Å². The molecule has 0 aliphatic heterocycles. The lowest BCUT2D eigenvalue weighted by Gasteiger charge is -2.10. The van der Waals surface area contributed by atoms with Gasteiger partial charge in [0.25, 0.3) is 5.91 Å². The summed E-state index contributed by atoms with van der Waals surface area (Å²) in [6, 6.07) is 19.4. The third kappa shape index (κ3) is 6.28. The van der Waals surface area contributed by atoms with Crippen molar-refractivity contribution in [2.45, 2.75) is 16.2 Å². The van der Waals surface area contributed by atoms with Crippen LogP contribution in [-0.4, -0.2) is 26.2 Å². The van der Waals surface area contributed by atoms with Gasteiger partial charge in [0, 0.05) is 36.3 Å². The van der Waals surface area contributed by atoms with Gasteiger partial charge < -0.3 is 15.4 Å². The molecule has 0 saturated heterocycles. The van der Waals surface area contributed by atoms with Crippen LogP contribution in [0.5, 0.6) is 0 Å². The predicted molar refractivity (Wildman–Crippen MR) is 104 cm³/mol. The van der Waals surface area contributed by atoms with E-state index in [-0.39, 0.29) is 5.57 Å². The van der Waals surface area contributed by atoms with E-state index in [4.69, 9.17) is 4.74 Å². The largest absolute Gasteiger partial charge is 0.390 e. The van der Waals surface area contributed by atoms with Crippen LogP contribution in [0.3, 0.4) is 0 Å². The second kappa shape index (κ2) is 11.0. The number of amides is 1. The third-order valence-electron chi connectivity index (χ3n) is 3.39. The number of nitrogens with zero attached hydrogens (tertiary/aromatic N) is 1. The highest BCUT2D eigenvalue weighted by atomic mass is 32.2. The molecule has 0 bridgehead atoms. The molecule has 0 aliphatic rings. The molecule has 2 rings (SSSR count). The van der Waals surface area contributed by atoms with Crippen molar-refractivity contribution in [3.05, 3.63) is 66.4 Å². The standard InChI is InChI=1S/C20H21N3O2S/c1-25-13-7-12-22-15-16(14-21)20(24)23-18-10-5-6-11-19(18)26-17-8-3-2-4-9-17/h2-6,8-11,15,22H,7,12-13H2,1H3,(H,23,24)/b16-15-. The highest BCUT2D eigenvalue weighted by Gasteiger charge is 2.12. The van der Waals surface area contributed by atoms with E-state index in [0.717, 1.165) is 16.2 Å². The highest BCUT2D eigenvalue weighted by molar-refractivity contribution is 7.99. The zero-order valence-electron chi connectivity index (χ0n) is 14.6. The molecule has 0 aliphatic carbocycles. The molecule has 5 nitrogen and oxygen atoms in total. The minimum Gasteiger partial charge on any atom is -0.390 e. The number of carbonyl (C=O) groups is 1. The Labute approximate surface area is 158 Å². The SMILES string of the molecule is COCCCN/C=C(/C#N)C(=O)Nc1ccccc1Sc1ccccc1. The summed E-state index contributed by atoms with van der Waals surface area (Å²) in [5.74, 6) is -0.437. The van der Waals surface area contributed by atoms with E-state index < -0.39 is 5.91 Å². The molecule has 0 saturated carbocycles. The second-order valence-corrected chi connectivity index (χ2v) is 6.45. The summed E-state index contributed by atoms with van der Waals surface area (Å²) in [6.07, 6.45) is 2.24. The van der Waals surface area contributed by atoms with Gasteiger partial charge >= 0.3 is 0 Å². The molecule has 0 spiro atoms. The Morgan fingerprint density at radius 2 is 1.92 bits per heavy atom. The topological polar surface area (TPSA) is 74.1 Å². The molecule has 0 unspecified atom stereocenters. The minimum atomic E-state index is -0.437. The van der Waals surface area contributed by atoms with Crippen molar-refractivity contribution in [3.8, 4) is 6.07 Å². The van der Waals surface area contributed by atoms with Gasteiger partial charge in [-0.05, 0) is 30.7 Å². The number of ether oxygens (including phenoxy) is 1. The number of methoxy groups -OCH3 is 1. The number of anilines is 1. The van der Waals surface area contributed by atoms with E-state index in [1.54, 1.807) is 18.9 Å². The van der Waals surface area contributed by atoms with E-state index in [9.17, 15) is 10.1 Å². The van der Waals surface area contributed by atoms with Crippen LogP contribution in [0, 0.1) is 11.3 Å². The number of hydrogen-bond donors (Lipinski definition) is 2. The number of para-hydroxylation sites is 1. The first-order valence-corrected chi connectivity index (χ1v) is 9.02. The molecule has 26 heavy (non-hydrogen) atoms. The molecule has 0 aromatic heterocycles. The summed E-state index contributed by atoms with van der Waals surface area (Å²) in [7, 11) is 1.63. The number of nitriles is 1. The van der Waals surface area contributed by atoms with Crippen LogP contribution >= 0.6 is 11.8 Å². The van der Waals surface area contributed by atoms with Crippen LogP contribution in [0.25, 0.3) is 0 Å². The zero-order chi connectivity index (χ0) is 18.6. The van der Waals surface area contributed by atoms with Gasteiger partial charge in [0.15, 0.2) is 0 Å². The van der Waals surface area contributed by atoms with Crippen molar-refractivity contribution in [1.82, 2.24) is 5.32 Å². The maximum atomic E-state index is 12.4. The molecule has 0 radical (unpaired) electrons. The van der Waals surface area contributed by atoms with Crippen LogP contribution < -0.4 is 10.6 Å². The molecular formula is C20H21N3O2S. The van der Waals surface area contributed by atoms with Crippen molar-refractivity contribution < 1.29 is 9.53 Å². The van der Waals surface area contributed by atoms with Crippen molar-refractivity contribution in [3.63, 3.8) is 0 Å². The van der Waals surface area contributed by atoms with Gasteiger partial charge in [0.05, 0.1) is 5.69 Å². The van der Waals surface area contributed by atoms with Crippen molar-refractivity contribution in [2.24, 2.45) is 0 Å². The van der Waals surface area contributed by atoms with Crippen molar-refractivity contribution >= 4 is 23.4 Å². The van der Waals surface area contributed by atoms with Crippen LogP contribution in [0.4, 0.5) is 5.69 Å². The smallest absolute Gasteiger partial charge is 0.267 e. The fraction of sp³-hybridized carbons (Fsp3) is 0.200. The molecule has 134 valence electrons. The molecule has 0 fully saturated rings. The number of benzene rings is 2. The van der Waals surface area contributed by atoms with E-state index in [1.165, 1.54) is 6.20 Å². The normalized spacial score (nSPS) is 10.8. The Morgan fingerprint density at radius 3 is 2.65 bits per heavy atom. The van der Waals surface area contributed by atoms with Gasteiger partial charge in [-0.15, -0.1) is 0 Å². The average molecular weight is 367 g/mol. The first-order chi connectivity index (χ1) is 12.7. The van der Waals surface area contributed by atoms with Gasteiger partial charge in [-0.25, -0.2) is 0 Å². The molecule has 6 heteroatoms.